The third-order valence-electron chi connectivity index (χ3n) is 6.08. The fourth-order valence-corrected chi connectivity index (χ4v) is 4.02. The molecule has 28 heavy (non-hydrogen) atoms. The van der Waals surface area contributed by atoms with Gasteiger partial charge in [-0.1, -0.05) is 6.42 Å². The molecule has 0 bridgehead atoms. The number of nitrogens with one attached hydrogen (secondary N) is 2. The van der Waals surface area contributed by atoms with Gasteiger partial charge < -0.3 is 20.5 Å². The normalized spacial score (nSPS) is 21.4. The van der Waals surface area contributed by atoms with Crippen molar-refractivity contribution in [1.29, 1.82) is 0 Å². The summed E-state index contributed by atoms with van der Waals surface area (Å²) in [7, 11) is 0. The predicted octanol–water partition coefficient (Wildman–Crippen LogP) is 2.09. The molecule has 2 saturated carbocycles. The van der Waals surface area contributed by atoms with Gasteiger partial charge in [-0.15, -0.1) is 0 Å². The molecule has 2 aliphatic carbocycles. The number of hydrogen-bond acceptors (Lipinski definition) is 4. The summed E-state index contributed by atoms with van der Waals surface area (Å²) >= 11 is 0. The molecule has 0 aliphatic heterocycles. The molecule has 2 aliphatic rings. The third-order valence-corrected chi connectivity index (χ3v) is 6.08. The van der Waals surface area contributed by atoms with Crippen LogP contribution in [0.2, 0.25) is 0 Å². The number of ether oxygens (including phenoxy) is 1. The maximum absolute atomic E-state index is 13.2. The second-order valence-corrected chi connectivity index (χ2v) is 8.24. The van der Waals surface area contributed by atoms with E-state index in [0.29, 0.717) is 17.9 Å². The highest BCUT2D eigenvalue weighted by atomic mass is 19.3. The Morgan fingerprint density at radius 3 is 2.29 bits per heavy atom. The van der Waals surface area contributed by atoms with Gasteiger partial charge in [0, 0.05) is 13.5 Å². The topological polar surface area (TPSA) is 105 Å². The number of rotatable bonds is 9. The summed E-state index contributed by atoms with van der Waals surface area (Å²) in [6, 6.07) is -1.18. The summed E-state index contributed by atoms with van der Waals surface area (Å²) in [4.78, 5) is 34.1. The number of alkyl halides is 2. The Bertz CT molecular complexity index is 585. The van der Waals surface area contributed by atoms with Gasteiger partial charge in [-0.3, -0.25) is 9.59 Å². The number of carboxylic acid groups (broad SMARTS) is 1. The first-order valence-electron chi connectivity index (χ1n) is 9.82. The minimum atomic E-state index is -4.08. The Morgan fingerprint density at radius 1 is 1.21 bits per heavy atom. The number of amides is 2. The van der Waals surface area contributed by atoms with Crippen molar-refractivity contribution in [2.24, 2.45) is 11.3 Å². The highest BCUT2D eigenvalue weighted by molar-refractivity contribution is 5.88. The lowest BCUT2D eigenvalue weighted by Gasteiger charge is -2.47. The molecule has 9 heteroatoms. The smallest absolute Gasteiger partial charge is 0.376 e. The van der Waals surface area contributed by atoms with E-state index < -0.39 is 42.4 Å². The molecular formula is C19H30F2N2O5. The minimum absolute atomic E-state index is 0.381. The van der Waals surface area contributed by atoms with Crippen LogP contribution in [0, 0.1) is 11.3 Å². The van der Waals surface area contributed by atoms with Crippen molar-refractivity contribution >= 4 is 17.8 Å². The molecule has 0 aromatic heterocycles. The van der Waals surface area contributed by atoms with Crippen LogP contribution in [0.3, 0.4) is 0 Å². The van der Waals surface area contributed by atoms with Crippen LogP contribution in [0.5, 0.6) is 0 Å². The van der Waals surface area contributed by atoms with Crippen LogP contribution >= 0.6 is 0 Å². The molecule has 0 heterocycles. The van der Waals surface area contributed by atoms with Crippen molar-refractivity contribution in [3.05, 3.63) is 0 Å². The Labute approximate surface area is 163 Å². The fraction of sp³-hybridized carbons (Fsp3) is 0.842. The Hall–Kier alpha value is -1.77. The second kappa shape index (κ2) is 9.15. The maximum Gasteiger partial charge on any atom is 0.376 e. The van der Waals surface area contributed by atoms with E-state index >= 15 is 0 Å². The highest BCUT2D eigenvalue weighted by Gasteiger charge is 2.41. The van der Waals surface area contributed by atoms with Gasteiger partial charge in [-0.2, -0.15) is 8.78 Å². The Kier molecular flexibility index (Phi) is 7.36. The molecule has 160 valence electrons. The van der Waals surface area contributed by atoms with Gasteiger partial charge in [-0.25, -0.2) is 4.79 Å². The lowest BCUT2D eigenvalue weighted by Crippen LogP contribution is -2.55. The van der Waals surface area contributed by atoms with Crippen LogP contribution in [0.15, 0.2) is 0 Å². The number of hydrogen-bond donors (Lipinski definition) is 3. The molecule has 2 amide bonds. The van der Waals surface area contributed by atoms with Gasteiger partial charge in [0.25, 0.3) is 0 Å². The van der Waals surface area contributed by atoms with Crippen molar-refractivity contribution in [2.75, 3.05) is 13.2 Å². The van der Waals surface area contributed by atoms with Gasteiger partial charge in [-0.05, 0) is 56.8 Å². The first-order valence-corrected chi connectivity index (χ1v) is 9.82. The monoisotopic (exact) mass is 404 g/mol. The lowest BCUT2D eigenvalue weighted by atomic mass is 9.59. The van der Waals surface area contributed by atoms with Gasteiger partial charge in [0.05, 0.1) is 12.6 Å². The standard InChI is InChI=1S/C19H30F2N2O5/c1-12(28-10-14-4-8-18(9-5-14)6-3-7-18)15(23-13(2)24)16(25)22-11-19(20,21)17(26)27/h12,14-15H,3-11H2,1-2H3,(H,22,25)(H,23,24)(H,26,27). The summed E-state index contributed by atoms with van der Waals surface area (Å²) < 4.78 is 32.2. The van der Waals surface area contributed by atoms with Crippen LogP contribution < -0.4 is 10.6 Å². The van der Waals surface area contributed by atoms with Crippen LogP contribution in [-0.2, 0) is 19.1 Å². The first-order chi connectivity index (χ1) is 13.0. The molecule has 3 N–H and O–H groups in total. The number of carboxylic acids is 1. The van der Waals surface area contributed by atoms with Crippen molar-refractivity contribution in [3.63, 3.8) is 0 Å². The highest BCUT2D eigenvalue weighted by Crippen LogP contribution is 2.52. The van der Waals surface area contributed by atoms with E-state index in [4.69, 9.17) is 9.84 Å². The molecule has 0 radical (unpaired) electrons. The fourth-order valence-electron chi connectivity index (χ4n) is 4.02. The molecule has 0 aromatic carbocycles. The lowest BCUT2D eigenvalue weighted by molar-refractivity contribution is -0.164. The van der Waals surface area contributed by atoms with E-state index in [0.717, 1.165) is 12.8 Å². The summed E-state index contributed by atoms with van der Waals surface area (Å²) in [6.07, 6.45) is 7.70. The zero-order chi connectivity index (χ0) is 20.9. The van der Waals surface area contributed by atoms with Gasteiger partial charge >= 0.3 is 11.9 Å². The number of carbonyl (C=O) groups is 3. The van der Waals surface area contributed by atoms with Crippen molar-refractivity contribution in [1.82, 2.24) is 10.6 Å². The van der Waals surface area contributed by atoms with E-state index in [1.54, 1.807) is 6.92 Å². The number of carbonyl (C=O) groups excluding carboxylic acids is 2. The van der Waals surface area contributed by atoms with Crippen LogP contribution in [0.25, 0.3) is 0 Å². The zero-order valence-electron chi connectivity index (χ0n) is 16.4. The van der Waals surface area contributed by atoms with Crippen LogP contribution in [0.4, 0.5) is 8.78 Å². The zero-order valence-corrected chi connectivity index (χ0v) is 16.4. The Morgan fingerprint density at radius 2 is 1.82 bits per heavy atom. The van der Waals surface area contributed by atoms with Crippen molar-refractivity contribution in [3.8, 4) is 0 Å². The largest absolute Gasteiger partial charge is 0.477 e. The molecule has 0 aromatic rings. The average Bonchev–Trinajstić information content (AvgIpc) is 2.61. The SMILES string of the molecule is CC(=O)NC(C(=O)NCC(F)(F)C(=O)O)C(C)OCC1CCC2(CCC2)CC1. The van der Waals surface area contributed by atoms with E-state index in [-0.39, 0.29) is 0 Å². The summed E-state index contributed by atoms with van der Waals surface area (Å²) in [6.45, 7) is 1.88. The van der Waals surface area contributed by atoms with Gasteiger partial charge in [0.2, 0.25) is 11.8 Å². The van der Waals surface area contributed by atoms with E-state index in [2.05, 4.69) is 5.32 Å². The third kappa shape index (κ3) is 5.86. The van der Waals surface area contributed by atoms with E-state index in [1.807, 2.05) is 5.32 Å². The summed E-state index contributed by atoms with van der Waals surface area (Å²) in [5.74, 6) is -7.44. The summed E-state index contributed by atoms with van der Waals surface area (Å²) in [5, 5.41) is 12.7. The molecule has 2 rings (SSSR count). The average molecular weight is 404 g/mol. The van der Waals surface area contributed by atoms with Crippen molar-refractivity contribution in [2.45, 2.75) is 76.9 Å². The number of aliphatic carboxylic acids is 1. The maximum atomic E-state index is 13.2. The van der Waals surface area contributed by atoms with Crippen molar-refractivity contribution < 1.29 is 33.0 Å². The second-order valence-electron chi connectivity index (χ2n) is 8.24. The van der Waals surface area contributed by atoms with E-state index in [9.17, 15) is 23.2 Å². The Balaban J connectivity index is 1.84. The predicted molar refractivity (Wildman–Crippen MR) is 96.9 cm³/mol. The first kappa shape index (κ1) is 22.5. The molecule has 7 nitrogen and oxygen atoms in total. The molecular weight excluding hydrogens is 374 g/mol. The molecule has 2 fully saturated rings. The molecule has 1 spiro atoms. The molecule has 2 unspecified atom stereocenters. The van der Waals surface area contributed by atoms with Crippen LogP contribution in [0.1, 0.15) is 58.8 Å². The van der Waals surface area contributed by atoms with Gasteiger partial charge in [0.15, 0.2) is 0 Å². The van der Waals surface area contributed by atoms with E-state index in [1.165, 1.54) is 39.0 Å². The molecule has 0 saturated heterocycles. The number of halogens is 2. The van der Waals surface area contributed by atoms with Crippen LogP contribution in [-0.4, -0.2) is 54.1 Å². The quantitative estimate of drug-likeness (QED) is 0.546. The summed E-state index contributed by atoms with van der Waals surface area (Å²) in [5.41, 5.74) is 0.538. The van der Waals surface area contributed by atoms with Gasteiger partial charge in [0.1, 0.15) is 6.04 Å². The molecule has 2 atom stereocenters. The minimum Gasteiger partial charge on any atom is -0.477 e.